The lowest BCUT2D eigenvalue weighted by molar-refractivity contribution is 0.572. The molecule has 0 aliphatic carbocycles. The molecule has 8 heteroatoms. The van der Waals surface area contributed by atoms with Crippen LogP contribution in [-0.4, -0.2) is 28.9 Å². The molecule has 24 heavy (non-hydrogen) atoms. The average molecular weight is 326 g/mol. The molecule has 0 unspecified atom stereocenters. The summed E-state index contributed by atoms with van der Waals surface area (Å²) in [7, 11) is 0. The van der Waals surface area contributed by atoms with Crippen molar-refractivity contribution in [1.82, 2.24) is 28.9 Å². The van der Waals surface area contributed by atoms with Crippen LogP contribution >= 0.6 is 0 Å². The van der Waals surface area contributed by atoms with Crippen LogP contribution in [0.4, 0.5) is 0 Å². The maximum absolute atomic E-state index is 12.6. The zero-order valence-electron chi connectivity index (χ0n) is 13.6. The molecule has 0 bridgehead atoms. The lowest BCUT2D eigenvalue weighted by Crippen LogP contribution is -2.39. The van der Waals surface area contributed by atoms with Crippen LogP contribution in [0, 0.1) is 12.3 Å². The van der Waals surface area contributed by atoms with Gasteiger partial charge in [0, 0.05) is 19.3 Å². The SMILES string of the molecule is C#CCn1cc(-c2nc3c([nH]2)c(=O)n(CCC)c(=O)n3CC)cn1. The molecule has 0 spiro atoms. The molecule has 0 atom stereocenters. The normalized spacial score (nSPS) is 11.0. The smallest absolute Gasteiger partial charge is 0.332 e. The number of H-pyrrole nitrogens is 1. The van der Waals surface area contributed by atoms with Crippen molar-refractivity contribution in [2.45, 2.75) is 39.9 Å². The number of rotatable bonds is 5. The van der Waals surface area contributed by atoms with Crippen LogP contribution < -0.4 is 11.2 Å². The summed E-state index contributed by atoms with van der Waals surface area (Å²) in [4.78, 5) is 32.6. The van der Waals surface area contributed by atoms with E-state index < -0.39 is 0 Å². The van der Waals surface area contributed by atoms with Crippen molar-refractivity contribution in [3.63, 3.8) is 0 Å². The van der Waals surface area contributed by atoms with Gasteiger partial charge in [-0.2, -0.15) is 5.10 Å². The maximum atomic E-state index is 12.6. The Balaban J connectivity index is 2.23. The zero-order valence-corrected chi connectivity index (χ0v) is 13.6. The third kappa shape index (κ3) is 2.44. The zero-order chi connectivity index (χ0) is 17.3. The van der Waals surface area contributed by atoms with Crippen LogP contribution in [0.15, 0.2) is 22.0 Å². The van der Waals surface area contributed by atoms with Crippen LogP contribution in [0.2, 0.25) is 0 Å². The molecule has 124 valence electrons. The quantitative estimate of drug-likeness (QED) is 0.703. The standard InChI is InChI=1S/C16H18N6O2/c1-4-7-20-10-11(9-17-20)13-18-12-14(19-13)21(6-3)16(24)22(8-5-2)15(12)23/h1,9-10H,5-8H2,2-3H3,(H,18,19). The Morgan fingerprint density at radius 3 is 2.75 bits per heavy atom. The Hall–Kier alpha value is -3.08. The van der Waals surface area contributed by atoms with Crippen LogP contribution in [0.3, 0.4) is 0 Å². The molecule has 0 aliphatic heterocycles. The van der Waals surface area contributed by atoms with E-state index in [4.69, 9.17) is 6.42 Å². The second-order valence-electron chi connectivity index (χ2n) is 5.40. The van der Waals surface area contributed by atoms with E-state index in [0.29, 0.717) is 48.6 Å². The topological polar surface area (TPSA) is 90.5 Å². The van der Waals surface area contributed by atoms with E-state index in [1.54, 1.807) is 17.1 Å². The minimum atomic E-state index is -0.351. The summed E-state index contributed by atoms with van der Waals surface area (Å²) >= 11 is 0. The first kappa shape index (κ1) is 15.8. The molecule has 1 N–H and O–H groups in total. The highest BCUT2D eigenvalue weighted by molar-refractivity contribution is 5.75. The van der Waals surface area contributed by atoms with Crippen LogP contribution in [-0.2, 0) is 19.6 Å². The van der Waals surface area contributed by atoms with Crippen LogP contribution in [0.5, 0.6) is 0 Å². The highest BCUT2D eigenvalue weighted by Crippen LogP contribution is 2.17. The second-order valence-corrected chi connectivity index (χ2v) is 5.40. The molecule has 3 aromatic rings. The molecule has 3 heterocycles. The van der Waals surface area contributed by atoms with E-state index in [9.17, 15) is 9.59 Å². The van der Waals surface area contributed by atoms with Gasteiger partial charge in [-0.25, -0.2) is 9.78 Å². The van der Waals surface area contributed by atoms with Gasteiger partial charge in [-0.15, -0.1) is 6.42 Å². The van der Waals surface area contributed by atoms with Gasteiger partial charge in [-0.05, 0) is 13.3 Å². The highest BCUT2D eigenvalue weighted by Gasteiger charge is 2.17. The molecular weight excluding hydrogens is 308 g/mol. The lowest BCUT2D eigenvalue weighted by Gasteiger charge is -2.07. The molecular formula is C16H18N6O2. The van der Waals surface area contributed by atoms with Gasteiger partial charge in [0.05, 0.1) is 11.8 Å². The van der Waals surface area contributed by atoms with E-state index in [2.05, 4.69) is 21.0 Å². The average Bonchev–Trinajstić information content (AvgIpc) is 3.19. The summed E-state index contributed by atoms with van der Waals surface area (Å²) in [6.45, 7) is 4.93. The van der Waals surface area contributed by atoms with Gasteiger partial charge in [0.1, 0.15) is 17.9 Å². The molecule has 8 nitrogen and oxygen atoms in total. The summed E-state index contributed by atoms with van der Waals surface area (Å²) in [5, 5.41) is 4.14. The summed E-state index contributed by atoms with van der Waals surface area (Å²) in [6.07, 6.45) is 9.34. The van der Waals surface area contributed by atoms with Crippen LogP contribution in [0.25, 0.3) is 22.6 Å². The van der Waals surface area contributed by atoms with Crippen LogP contribution in [0.1, 0.15) is 20.3 Å². The number of hydrogen-bond donors (Lipinski definition) is 1. The molecule has 0 saturated carbocycles. The van der Waals surface area contributed by atoms with Gasteiger partial charge in [0.25, 0.3) is 5.56 Å². The largest absolute Gasteiger partial charge is 0.332 e. The Kier molecular flexibility index (Phi) is 4.08. The molecule has 0 amide bonds. The van der Waals surface area contributed by atoms with Crippen molar-refractivity contribution in [2.75, 3.05) is 0 Å². The Morgan fingerprint density at radius 1 is 1.29 bits per heavy atom. The number of fused-ring (bicyclic) bond motifs is 1. The van der Waals surface area contributed by atoms with E-state index in [1.807, 2.05) is 13.8 Å². The maximum Gasteiger partial charge on any atom is 0.332 e. The number of terminal acetylenes is 1. The fourth-order valence-corrected chi connectivity index (χ4v) is 2.68. The van der Waals surface area contributed by atoms with E-state index in [1.165, 1.54) is 9.13 Å². The molecule has 3 aromatic heterocycles. The molecule has 0 aliphatic rings. The van der Waals surface area contributed by atoms with E-state index in [-0.39, 0.29) is 11.2 Å². The highest BCUT2D eigenvalue weighted by atomic mass is 16.2. The number of imidazole rings is 1. The van der Waals surface area contributed by atoms with Crippen molar-refractivity contribution in [3.05, 3.63) is 33.2 Å². The van der Waals surface area contributed by atoms with Crippen molar-refractivity contribution >= 4 is 11.2 Å². The van der Waals surface area contributed by atoms with Gasteiger partial charge in [0.2, 0.25) is 0 Å². The predicted octanol–water partition coefficient (Wildman–Crippen LogP) is 0.813. The molecule has 0 fully saturated rings. The lowest BCUT2D eigenvalue weighted by atomic mass is 10.3. The summed E-state index contributed by atoms with van der Waals surface area (Å²) in [5.41, 5.74) is 0.705. The number of nitrogens with one attached hydrogen (secondary N) is 1. The first-order chi connectivity index (χ1) is 11.6. The van der Waals surface area contributed by atoms with Crippen molar-refractivity contribution in [1.29, 1.82) is 0 Å². The first-order valence-electron chi connectivity index (χ1n) is 7.80. The summed E-state index contributed by atoms with van der Waals surface area (Å²) in [5.74, 6) is 2.99. The minimum absolute atomic E-state index is 0.324. The van der Waals surface area contributed by atoms with Gasteiger partial charge in [-0.3, -0.25) is 18.6 Å². The number of hydrogen-bond acceptors (Lipinski definition) is 4. The van der Waals surface area contributed by atoms with Gasteiger partial charge < -0.3 is 4.98 Å². The van der Waals surface area contributed by atoms with E-state index in [0.717, 1.165) is 0 Å². The van der Waals surface area contributed by atoms with Crippen molar-refractivity contribution < 1.29 is 0 Å². The van der Waals surface area contributed by atoms with Crippen molar-refractivity contribution in [3.8, 4) is 23.7 Å². The monoisotopic (exact) mass is 326 g/mol. The van der Waals surface area contributed by atoms with Gasteiger partial charge >= 0.3 is 5.69 Å². The Bertz CT molecular complexity index is 1040. The fraction of sp³-hybridized carbons (Fsp3) is 0.375. The van der Waals surface area contributed by atoms with E-state index >= 15 is 0 Å². The third-order valence-corrected chi connectivity index (χ3v) is 3.78. The van der Waals surface area contributed by atoms with Gasteiger partial charge in [-0.1, -0.05) is 12.8 Å². The molecule has 0 saturated heterocycles. The van der Waals surface area contributed by atoms with Gasteiger partial charge in [0.15, 0.2) is 5.65 Å². The molecule has 0 radical (unpaired) electrons. The Labute approximate surface area is 137 Å². The molecule has 3 rings (SSSR count). The first-order valence-corrected chi connectivity index (χ1v) is 7.80. The summed E-state index contributed by atoms with van der Waals surface area (Å²) in [6, 6.07) is 0. The van der Waals surface area contributed by atoms with Crippen molar-refractivity contribution in [2.24, 2.45) is 0 Å². The predicted molar refractivity (Wildman–Crippen MR) is 90.6 cm³/mol. The number of aryl methyl sites for hydroxylation is 1. The number of aromatic amines is 1. The fourth-order valence-electron chi connectivity index (χ4n) is 2.68. The molecule has 0 aromatic carbocycles. The Morgan fingerprint density at radius 2 is 2.08 bits per heavy atom. The number of nitrogens with zero attached hydrogens (tertiary/aromatic N) is 5. The summed E-state index contributed by atoms with van der Waals surface area (Å²) < 4.78 is 4.35. The number of aromatic nitrogens is 6. The third-order valence-electron chi connectivity index (χ3n) is 3.78. The second kappa shape index (κ2) is 6.20. The minimum Gasteiger partial charge on any atom is -0.332 e.